The third-order valence-electron chi connectivity index (χ3n) is 4.94. The van der Waals surface area contributed by atoms with E-state index in [4.69, 9.17) is 0 Å². The molecule has 1 aliphatic rings. The number of rotatable bonds is 3. The summed E-state index contributed by atoms with van der Waals surface area (Å²) in [5, 5.41) is 4.13. The van der Waals surface area contributed by atoms with Crippen molar-refractivity contribution >= 4 is 15.7 Å². The largest absolute Gasteiger partial charge is 0.433 e. The van der Waals surface area contributed by atoms with Crippen molar-refractivity contribution in [3.05, 3.63) is 53.7 Å². The quantitative estimate of drug-likeness (QED) is 0.645. The number of sulfonamides is 1. The lowest BCUT2D eigenvalue weighted by atomic mass is 9.96. The van der Waals surface area contributed by atoms with Gasteiger partial charge in [0.25, 0.3) is 0 Å². The predicted molar refractivity (Wildman–Crippen MR) is 97.7 cm³/mol. The van der Waals surface area contributed by atoms with Crippen LogP contribution in [-0.2, 0) is 16.2 Å². The normalized spacial score (nSPS) is 19.0. The first kappa shape index (κ1) is 19.8. The molecule has 1 fully saturated rings. The average Bonchev–Trinajstić information content (AvgIpc) is 3.11. The molecule has 4 heterocycles. The Morgan fingerprint density at radius 3 is 2.72 bits per heavy atom. The standard InChI is InChI=1S/C18H18F3N5O2S/c1-12-8-16(18(19,20)21)26-17(23-12)9-15(24-26)13-4-3-7-25(11-13)29(27,28)14-5-2-6-22-10-14/h2,5-6,8-10,13H,3-4,7,11H2,1H3/t13-/m1/s1. The number of aryl methyl sites for hydroxylation is 1. The lowest BCUT2D eigenvalue weighted by molar-refractivity contribution is -0.142. The van der Waals surface area contributed by atoms with E-state index in [2.05, 4.69) is 15.1 Å². The molecule has 0 spiro atoms. The Kier molecular flexibility index (Phi) is 4.82. The monoisotopic (exact) mass is 425 g/mol. The van der Waals surface area contributed by atoms with E-state index in [1.807, 2.05) is 0 Å². The third kappa shape index (κ3) is 3.71. The van der Waals surface area contributed by atoms with E-state index in [1.165, 1.54) is 35.8 Å². The first-order valence-electron chi connectivity index (χ1n) is 9.01. The topological polar surface area (TPSA) is 80.5 Å². The number of piperidine rings is 1. The highest BCUT2D eigenvalue weighted by Crippen LogP contribution is 2.33. The second kappa shape index (κ2) is 7.06. The Balaban J connectivity index is 1.68. The second-order valence-electron chi connectivity index (χ2n) is 7.01. The number of nitrogens with zero attached hydrogens (tertiary/aromatic N) is 5. The summed E-state index contributed by atoms with van der Waals surface area (Å²) in [4.78, 5) is 8.09. The van der Waals surface area contributed by atoms with Crippen molar-refractivity contribution in [2.24, 2.45) is 0 Å². The van der Waals surface area contributed by atoms with Gasteiger partial charge in [0, 0.05) is 43.2 Å². The molecule has 0 amide bonds. The van der Waals surface area contributed by atoms with Crippen molar-refractivity contribution in [1.29, 1.82) is 0 Å². The number of aromatic nitrogens is 4. The highest BCUT2D eigenvalue weighted by atomic mass is 32.2. The minimum atomic E-state index is -4.57. The van der Waals surface area contributed by atoms with Crippen molar-refractivity contribution in [2.45, 2.75) is 36.8 Å². The van der Waals surface area contributed by atoms with Gasteiger partial charge >= 0.3 is 6.18 Å². The van der Waals surface area contributed by atoms with Crippen LogP contribution in [-0.4, -0.2) is 45.4 Å². The summed E-state index contributed by atoms with van der Waals surface area (Å²) in [6.45, 7) is 1.97. The van der Waals surface area contributed by atoms with E-state index in [1.54, 1.807) is 6.07 Å². The fraction of sp³-hybridized carbons (Fsp3) is 0.389. The molecular formula is C18H18F3N5O2S. The molecule has 0 aliphatic carbocycles. The highest BCUT2D eigenvalue weighted by Gasteiger charge is 2.36. The van der Waals surface area contributed by atoms with Gasteiger partial charge in [-0.1, -0.05) is 0 Å². The summed E-state index contributed by atoms with van der Waals surface area (Å²) < 4.78 is 68.0. The fourth-order valence-corrected chi connectivity index (χ4v) is 5.06. The lowest BCUT2D eigenvalue weighted by Crippen LogP contribution is -2.39. The Bertz CT molecular complexity index is 1150. The highest BCUT2D eigenvalue weighted by molar-refractivity contribution is 7.89. The molecule has 29 heavy (non-hydrogen) atoms. The maximum absolute atomic E-state index is 13.4. The second-order valence-corrected chi connectivity index (χ2v) is 8.95. The first-order valence-corrected chi connectivity index (χ1v) is 10.4. The van der Waals surface area contributed by atoms with Crippen molar-refractivity contribution in [3.8, 4) is 0 Å². The molecule has 7 nitrogen and oxygen atoms in total. The number of hydrogen-bond donors (Lipinski definition) is 0. The zero-order valence-electron chi connectivity index (χ0n) is 15.5. The molecule has 1 atom stereocenters. The van der Waals surface area contributed by atoms with Gasteiger partial charge in [0.15, 0.2) is 5.65 Å². The van der Waals surface area contributed by atoms with Gasteiger partial charge < -0.3 is 0 Å². The molecule has 0 radical (unpaired) electrons. The van der Waals surface area contributed by atoms with Crippen LogP contribution >= 0.6 is 0 Å². The van der Waals surface area contributed by atoms with Gasteiger partial charge in [0.2, 0.25) is 10.0 Å². The fourth-order valence-electron chi connectivity index (χ4n) is 3.57. The van der Waals surface area contributed by atoms with Gasteiger partial charge in [-0.15, -0.1) is 0 Å². The van der Waals surface area contributed by atoms with Gasteiger partial charge in [-0.25, -0.2) is 17.9 Å². The minimum absolute atomic E-state index is 0.0901. The predicted octanol–water partition coefficient (Wildman–Crippen LogP) is 3.02. The van der Waals surface area contributed by atoms with E-state index in [0.29, 0.717) is 25.1 Å². The van der Waals surface area contributed by atoms with Gasteiger partial charge in [0.1, 0.15) is 10.6 Å². The van der Waals surface area contributed by atoms with Crippen LogP contribution in [0.4, 0.5) is 13.2 Å². The van der Waals surface area contributed by atoms with E-state index in [-0.39, 0.29) is 28.7 Å². The summed E-state index contributed by atoms with van der Waals surface area (Å²) in [5.74, 6) is -0.321. The van der Waals surface area contributed by atoms with E-state index < -0.39 is 21.9 Å². The molecule has 11 heteroatoms. The molecule has 1 saturated heterocycles. The first-order chi connectivity index (χ1) is 13.7. The smallest absolute Gasteiger partial charge is 0.263 e. The molecule has 1 aliphatic heterocycles. The lowest BCUT2D eigenvalue weighted by Gasteiger charge is -2.31. The molecule has 154 valence electrons. The van der Waals surface area contributed by atoms with Gasteiger partial charge in [-0.2, -0.15) is 22.6 Å². The van der Waals surface area contributed by atoms with Crippen LogP contribution < -0.4 is 0 Å². The van der Waals surface area contributed by atoms with Gasteiger partial charge in [-0.05, 0) is 38.0 Å². The van der Waals surface area contributed by atoms with Crippen LogP contribution in [0.5, 0.6) is 0 Å². The van der Waals surface area contributed by atoms with Crippen LogP contribution in [0.25, 0.3) is 5.65 Å². The van der Waals surface area contributed by atoms with Crippen LogP contribution in [0.3, 0.4) is 0 Å². The Labute approximate surface area is 165 Å². The molecule has 0 unspecified atom stereocenters. The van der Waals surface area contributed by atoms with Gasteiger partial charge in [0.05, 0.1) is 5.69 Å². The van der Waals surface area contributed by atoms with E-state index in [9.17, 15) is 21.6 Å². The zero-order chi connectivity index (χ0) is 20.8. The molecule has 3 aromatic heterocycles. The molecule has 0 N–H and O–H groups in total. The number of pyridine rings is 1. The average molecular weight is 425 g/mol. The minimum Gasteiger partial charge on any atom is -0.263 e. The molecule has 3 aromatic rings. The SMILES string of the molecule is Cc1cc(C(F)(F)F)n2nc([C@@H]3CCCN(S(=O)(=O)c4cccnc4)C3)cc2n1. The Morgan fingerprint density at radius 2 is 2.03 bits per heavy atom. The van der Waals surface area contributed by atoms with Crippen molar-refractivity contribution in [1.82, 2.24) is 23.9 Å². The van der Waals surface area contributed by atoms with Crippen LogP contribution in [0, 0.1) is 6.92 Å². The summed E-state index contributed by atoms with van der Waals surface area (Å²) >= 11 is 0. The zero-order valence-corrected chi connectivity index (χ0v) is 16.3. The molecular weight excluding hydrogens is 407 g/mol. The Morgan fingerprint density at radius 1 is 1.24 bits per heavy atom. The molecule has 4 rings (SSSR count). The van der Waals surface area contributed by atoms with E-state index in [0.717, 1.165) is 10.6 Å². The summed E-state index contributed by atoms with van der Waals surface area (Å²) in [6.07, 6.45) is -0.592. The third-order valence-corrected chi connectivity index (χ3v) is 6.79. The summed E-state index contributed by atoms with van der Waals surface area (Å²) in [6, 6.07) is 5.47. The maximum Gasteiger partial charge on any atom is 0.433 e. The summed E-state index contributed by atoms with van der Waals surface area (Å²) in [7, 11) is -3.73. The molecule has 0 aromatic carbocycles. The van der Waals surface area contributed by atoms with Gasteiger partial charge in [-0.3, -0.25) is 4.98 Å². The van der Waals surface area contributed by atoms with Crippen LogP contribution in [0.15, 0.2) is 41.6 Å². The summed E-state index contributed by atoms with van der Waals surface area (Å²) in [5.41, 5.74) is -0.165. The molecule has 0 bridgehead atoms. The van der Waals surface area contributed by atoms with Crippen LogP contribution in [0.2, 0.25) is 0 Å². The Hall–Kier alpha value is -2.53. The van der Waals surface area contributed by atoms with Crippen molar-refractivity contribution < 1.29 is 21.6 Å². The number of halogens is 3. The van der Waals surface area contributed by atoms with Crippen molar-refractivity contribution in [3.63, 3.8) is 0 Å². The number of hydrogen-bond acceptors (Lipinski definition) is 5. The van der Waals surface area contributed by atoms with E-state index >= 15 is 0 Å². The van der Waals surface area contributed by atoms with Crippen molar-refractivity contribution in [2.75, 3.05) is 13.1 Å². The molecule has 0 saturated carbocycles. The maximum atomic E-state index is 13.4. The van der Waals surface area contributed by atoms with Crippen LogP contribution in [0.1, 0.15) is 35.8 Å². The number of fused-ring (bicyclic) bond motifs is 1. The number of alkyl halides is 3.